The molecule has 0 aliphatic heterocycles. The predicted octanol–water partition coefficient (Wildman–Crippen LogP) is 3.57. The molecule has 0 heterocycles. The van der Waals surface area contributed by atoms with E-state index < -0.39 is 34.5 Å². The molecule has 2 aromatic rings. The van der Waals surface area contributed by atoms with Crippen LogP contribution in [0.15, 0.2) is 48.5 Å². The van der Waals surface area contributed by atoms with E-state index in [1.54, 1.807) is 31.2 Å². The zero-order chi connectivity index (χ0) is 26.5. The Bertz CT molecular complexity index is 1170. The van der Waals surface area contributed by atoms with Gasteiger partial charge in [-0.15, -0.1) is 0 Å². The zero-order valence-corrected chi connectivity index (χ0v) is 22.2. The third-order valence-corrected chi connectivity index (χ3v) is 8.33. The molecule has 1 aliphatic rings. The summed E-state index contributed by atoms with van der Waals surface area (Å²) in [5.74, 6) is -1.75. The first-order valence-corrected chi connectivity index (χ1v) is 13.6. The van der Waals surface area contributed by atoms with Crippen molar-refractivity contribution < 1.29 is 22.4 Å². The van der Waals surface area contributed by atoms with E-state index in [1.807, 2.05) is 0 Å². The molecule has 0 unspecified atom stereocenters. The summed E-state index contributed by atoms with van der Waals surface area (Å²) in [4.78, 5) is 28.0. The second-order valence-corrected chi connectivity index (χ2v) is 11.6. The fourth-order valence-corrected chi connectivity index (χ4v) is 5.31. The second kappa shape index (κ2) is 12.0. The molecule has 1 aliphatic carbocycles. The molecule has 11 heteroatoms. The molecule has 0 bridgehead atoms. The lowest BCUT2D eigenvalue weighted by Crippen LogP contribution is -2.53. The van der Waals surface area contributed by atoms with Gasteiger partial charge in [-0.1, -0.05) is 48.7 Å². The molecule has 0 radical (unpaired) electrons. The zero-order valence-electron chi connectivity index (χ0n) is 20.7. The molecule has 36 heavy (non-hydrogen) atoms. The predicted molar refractivity (Wildman–Crippen MR) is 138 cm³/mol. The van der Waals surface area contributed by atoms with Crippen LogP contribution in [0.2, 0.25) is 5.02 Å². The van der Waals surface area contributed by atoms with Gasteiger partial charge in [0.2, 0.25) is 11.8 Å². The second-order valence-electron chi connectivity index (χ2n) is 9.06. The van der Waals surface area contributed by atoms with Crippen molar-refractivity contribution in [1.29, 1.82) is 0 Å². The summed E-state index contributed by atoms with van der Waals surface area (Å²) in [6.45, 7) is 0.963. The van der Waals surface area contributed by atoms with Crippen molar-refractivity contribution in [2.45, 2.75) is 51.2 Å². The van der Waals surface area contributed by atoms with Gasteiger partial charge in [-0.25, -0.2) is 8.70 Å². The van der Waals surface area contributed by atoms with Crippen LogP contribution in [0.25, 0.3) is 0 Å². The van der Waals surface area contributed by atoms with Gasteiger partial charge in [0.25, 0.3) is 0 Å². The Morgan fingerprint density at radius 3 is 2.28 bits per heavy atom. The number of hydrogen-bond donors (Lipinski definition) is 1. The molecule has 196 valence electrons. The van der Waals surface area contributed by atoms with Crippen LogP contribution in [0.4, 0.5) is 10.1 Å². The van der Waals surface area contributed by atoms with Crippen LogP contribution >= 0.6 is 11.6 Å². The van der Waals surface area contributed by atoms with Crippen molar-refractivity contribution in [3.63, 3.8) is 0 Å². The molecule has 0 saturated heterocycles. The summed E-state index contributed by atoms with van der Waals surface area (Å²) in [7, 11) is -1.62. The van der Waals surface area contributed by atoms with Crippen molar-refractivity contribution >= 4 is 39.3 Å². The first kappa shape index (κ1) is 27.9. The van der Waals surface area contributed by atoms with Crippen LogP contribution in [0.3, 0.4) is 0 Å². The number of carbonyl (C=O) groups is 2. The SMILES string of the molecule is C[C@H](C(=O)NC1CCCC1)N(Cc1ccc(Cl)cc1)C(=O)CN(c1ccccc1F)S(=O)(=O)N(C)C. The van der Waals surface area contributed by atoms with Crippen LogP contribution in [0.1, 0.15) is 38.2 Å². The molecule has 8 nitrogen and oxygen atoms in total. The minimum Gasteiger partial charge on any atom is -0.352 e. The molecule has 0 spiro atoms. The Hall–Kier alpha value is -2.69. The van der Waals surface area contributed by atoms with E-state index in [4.69, 9.17) is 11.6 Å². The van der Waals surface area contributed by atoms with Gasteiger partial charge in [-0.2, -0.15) is 12.7 Å². The van der Waals surface area contributed by atoms with Gasteiger partial charge in [0.05, 0.1) is 5.69 Å². The Balaban J connectivity index is 1.93. The number of carbonyl (C=O) groups excluding carboxylic acids is 2. The fraction of sp³-hybridized carbons (Fsp3) is 0.440. The summed E-state index contributed by atoms with van der Waals surface area (Å²) < 4.78 is 42.5. The molecule has 1 atom stereocenters. The maximum atomic E-state index is 14.7. The molecule has 0 aromatic heterocycles. The van der Waals surface area contributed by atoms with E-state index in [1.165, 1.54) is 37.2 Å². The summed E-state index contributed by atoms with van der Waals surface area (Å²) in [5.41, 5.74) is 0.454. The maximum Gasteiger partial charge on any atom is 0.304 e. The number of rotatable bonds is 10. The van der Waals surface area contributed by atoms with Crippen molar-refractivity contribution in [1.82, 2.24) is 14.5 Å². The van der Waals surface area contributed by atoms with Crippen LogP contribution < -0.4 is 9.62 Å². The molecular weight excluding hydrogens is 507 g/mol. The van der Waals surface area contributed by atoms with Crippen LogP contribution in [-0.4, -0.2) is 62.2 Å². The summed E-state index contributed by atoms with van der Waals surface area (Å²) in [6.07, 6.45) is 3.83. The highest BCUT2D eigenvalue weighted by molar-refractivity contribution is 7.90. The largest absolute Gasteiger partial charge is 0.352 e. The maximum absolute atomic E-state index is 14.7. The lowest BCUT2D eigenvalue weighted by molar-refractivity contribution is -0.139. The van der Waals surface area contributed by atoms with Gasteiger partial charge in [0.15, 0.2) is 0 Å². The highest BCUT2D eigenvalue weighted by Gasteiger charge is 2.34. The minimum absolute atomic E-state index is 0.0440. The molecular formula is C25H32ClFN4O4S. The Kier molecular flexibility index (Phi) is 9.32. The monoisotopic (exact) mass is 538 g/mol. The molecule has 1 N–H and O–H groups in total. The number of nitrogens with zero attached hydrogens (tertiary/aromatic N) is 3. The van der Waals surface area contributed by atoms with E-state index >= 15 is 0 Å². The lowest BCUT2D eigenvalue weighted by atomic mass is 10.1. The molecule has 2 aromatic carbocycles. The average Bonchev–Trinajstić information content (AvgIpc) is 3.35. The van der Waals surface area contributed by atoms with Crippen molar-refractivity contribution in [2.24, 2.45) is 0 Å². The van der Waals surface area contributed by atoms with E-state index in [-0.39, 0.29) is 24.2 Å². The van der Waals surface area contributed by atoms with E-state index in [2.05, 4.69) is 5.32 Å². The smallest absolute Gasteiger partial charge is 0.304 e. The first-order chi connectivity index (χ1) is 17.0. The molecule has 3 rings (SSSR count). The quantitative estimate of drug-likeness (QED) is 0.501. The molecule has 2 amide bonds. The number of benzene rings is 2. The summed E-state index contributed by atoms with van der Waals surface area (Å²) >= 11 is 5.99. The number of anilines is 1. The number of amides is 2. The minimum atomic E-state index is -4.23. The van der Waals surface area contributed by atoms with Crippen LogP contribution in [0.5, 0.6) is 0 Å². The number of para-hydroxylation sites is 1. The molecule has 1 fully saturated rings. The average molecular weight is 539 g/mol. The third kappa shape index (κ3) is 6.74. The third-order valence-electron chi connectivity index (χ3n) is 6.27. The van der Waals surface area contributed by atoms with Gasteiger partial charge >= 0.3 is 10.2 Å². The van der Waals surface area contributed by atoms with Crippen molar-refractivity contribution in [3.8, 4) is 0 Å². The van der Waals surface area contributed by atoms with Crippen LogP contribution in [-0.2, 0) is 26.3 Å². The lowest BCUT2D eigenvalue weighted by Gasteiger charge is -2.33. The molecule has 1 saturated carbocycles. The van der Waals surface area contributed by atoms with Crippen molar-refractivity contribution in [3.05, 3.63) is 64.9 Å². The highest BCUT2D eigenvalue weighted by Crippen LogP contribution is 2.24. The first-order valence-electron chi connectivity index (χ1n) is 11.8. The van der Waals surface area contributed by atoms with Gasteiger partial charge in [0, 0.05) is 31.7 Å². The van der Waals surface area contributed by atoms with E-state index in [0.29, 0.717) is 10.6 Å². The standard InChI is InChI=1S/C25H32ClFN4O4S/c1-18(25(33)28-21-8-4-5-9-21)30(16-19-12-14-20(26)15-13-19)24(32)17-31(36(34,35)29(2)3)23-11-7-6-10-22(23)27/h6-7,10-15,18,21H,4-5,8-9,16-17H2,1-3H3,(H,28,33)/t18-/m1/s1. The van der Waals surface area contributed by atoms with Crippen LogP contribution in [0, 0.1) is 5.82 Å². The summed E-state index contributed by atoms with van der Waals surface area (Å²) in [5, 5.41) is 3.52. The van der Waals surface area contributed by atoms with E-state index in [9.17, 15) is 22.4 Å². The van der Waals surface area contributed by atoms with E-state index in [0.717, 1.165) is 40.4 Å². The van der Waals surface area contributed by atoms with Gasteiger partial charge < -0.3 is 10.2 Å². The number of nitrogens with one attached hydrogen (secondary N) is 1. The normalized spacial score (nSPS) is 15.1. The summed E-state index contributed by atoms with van der Waals surface area (Å²) in [6, 6.07) is 11.3. The Morgan fingerprint density at radius 1 is 1.08 bits per heavy atom. The van der Waals surface area contributed by atoms with Gasteiger partial charge in [-0.05, 0) is 49.6 Å². The number of halogens is 2. The van der Waals surface area contributed by atoms with Gasteiger partial charge in [-0.3, -0.25) is 9.59 Å². The Labute approximate surface area is 217 Å². The topological polar surface area (TPSA) is 90.0 Å². The van der Waals surface area contributed by atoms with Gasteiger partial charge in [0.1, 0.15) is 18.4 Å². The Morgan fingerprint density at radius 2 is 1.69 bits per heavy atom. The number of hydrogen-bond acceptors (Lipinski definition) is 4. The highest BCUT2D eigenvalue weighted by atomic mass is 35.5. The fourth-order valence-electron chi connectivity index (χ4n) is 4.12. The van der Waals surface area contributed by atoms with Crippen molar-refractivity contribution in [2.75, 3.05) is 24.9 Å².